The molecule has 0 spiro atoms. The normalized spacial score (nSPS) is 19.4. The van der Waals surface area contributed by atoms with Gasteiger partial charge in [-0.15, -0.1) is 0 Å². The van der Waals surface area contributed by atoms with Gasteiger partial charge in [0.2, 0.25) is 0 Å². The number of ether oxygens (including phenoxy) is 3. The van der Waals surface area contributed by atoms with Crippen LogP contribution < -0.4 is 4.90 Å². The maximum atomic E-state index is 12.9. The predicted molar refractivity (Wildman–Crippen MR) is 114 cm³/mol. The van der Waals surface area contributed by atoms with Crippen molar-refractivity contribution in [2.75, 3.05) is 50.9 Å². The highest BCUT2D eigenvalue weighted by molar-refractivity contribution is 5.96. The first kappa shape index (κ1) is 22.9. The lowest BCUT2D eigenvalue weighted by Gasteiger charge is -2.35. The fraction of sp³-hybridized carbons (Fsp3) is 0.591. The van der Waals surface area contributed by atoms with E-state index in [1.165, 1.54) is 0 Å². The van der Waals surface area contributed by atoms with Crippen LogP contribution in [0.3, 0.4) is 0 Å². The summed E-state index contributed by atoms with van der Waals surface area (Å²) in [4.78, 5) is 42.1. The average molecular weight is 434 g/mol. The highest BCUT2D eigenvalue weighted by atomic mass is 16.6. The van der Waals surface area contributed by atoms with Gasteiger partial charge in [-0.2, -0.15) is 0 Å². The minimum atomic E-state index is -0.546. The van der Waals surface area contributed by atoms with Crippen LogP contribution in [0.25, 0.3) is 0 Å². The molecule has 0 radical (unpaired) electrons. The zero-order valence-corrected chi connectivity index (χ0v) is 18.6. The molecule has 2 heterocycles. The molecule has 2 saturated heterocycles. The van der Waals surface area contributed by atoms with Crippen molar-refractivity contribution in [3.05, 3.63) is 29.8 Å². The summed E-state index contributed by atoms with van der Waals surface area (Å²) in [6, 6.07) is 6.73. The van der Waals surface area contributed by atoms with E-state index in [2.05, 4.69) is 0 Å². The Morgan fingerprint density at radius 2 is 1.68 bits per heavy atom. The SMILES string of the molecule is CCOC[C@@H]1COC(=O)N1c1ccc(C(=O)N2CCN(C(=O)OC(C)(C)C)CC2)cc1. The standard InChI is InChI=1S/C22H31N3O6/c1-5-29-14-18-15-30-21(28)25(18)17-8-6-16(7-9-17)19(26)23-10-12-24(13-11-23)20(27)31-22(2,3)4/h6-9,18H,5,10-15H2,1-4H3/t18-/m1/s1. The van der Waals surface area contributed by atoms with Crippen molar-refractivity contribution >= 4 is 23.8 Å². The van der Waals surface area contributed by atoms with E-state index in [9.17, 15) is 14.4 Å². The Morgan fingerprint density at radius 1 is 1.06 bits per heavy atom. The second-order valence-electron chi connectivity index (χ2n) is 8.57. The second-order valence-corrected chi connectivity index (χ2v) is 8.57. The molecule has 2 aliphatic heterocycles. The van der Waals surface area contributed by atoms with Gasteiger partial charge in [0.05, 0.1) is 12.6 Å². The third-order valence-corrected chi connectivity index (χ3v) is 5.09. The molecular formula is C22H31N3O6. The summed E-state index contributed by atoms with van der Waals surface area (Å²) in [5.74, 6) is -0.106. The van der Waals surface area contributed by atoms with Crippen LogP contribution in [0.15, 0.2) is 24.3 Å². The molecule has 1 aromatic rings. The number of carbonyl (C=O) groups excluding carboxylic acids is 3. The number of cyclic esters (lactones) is 1. The largest absolute Gasteiger partial charge is 0.447 e. The van der Waals surface area contributed by atoms with Gasteiger partial charge in [0.15, 0.2) is 0 Å². The summed E-state index contributed by atoms with van der Waals surface area (Å²) in [5, 5.41) is 0. The van der Waals surface area contributed by atoms with Crippen LogP contribution in [0.1, 0.15) is 38.1 Å². The zero-order chi connectivity index (χ0) is 22.6. The van der Waals surface area contributed by atoms with Crippen molar-refractivity contribution in [2.24, 2.45) is 0 Å². The molecule has 0 saturated carbocycles. The summed E-state index contributed by atoms with van der Waals surface area (Å²) in [6.07, 6.45) is -0.773. The first-order valence-corrected chi connectivity index (χ1v) is 10.6. The number of amides is 3. The smallest absolute Gasteiger partial charge is 0.414 e. The minimum Gasteiger partial charge on any atom is -0.447 e. The summed E-state index contributed by atoms with van der Waals surface area (Å²) in [5.41, 5.74) is 0.650. The molecule has 0 bridgehead atoms. The van der Waals surface area contributed by atoms with E-state index >= 15 is 0 Å². The van der Waals surface area contributed by atoms with Gasteiger partial charge in [-0.05, 0) is 52.0 Å². The topological polar surface area (TPSA) is 88.6 Å². The van der Waals surface area contributed by atoms with E-state index in [0.29, 0.717) is 50.6 Å². The fourth-order valence-electron chi connectivity index (χ4n) is 3.52. The van der Waals surface area contributed by atoms with Gasteiger partial charge < -0.3 is 24.0 Å². The molecule has 0 aromatic heterocycles. The highest BCUT2D eigenvalue weighted by Crippen LogP contribution is 2.24. The van der Waals surface area contributed by atoms with Gasteiger partial charge in [-0.3, -0.25) is 9.69 Å². The van der Waals surface area contributed by atoms with E-state index in [-0.39, 0.29) is 24.6 Å². The molecule has 9 heteroatoms. The van der Waals surface area contributed by atoms with Gasteiger partial charge in [-0.1, -0.05) is 0 Å². The highest BCUT2D eigenvalue weighted by Gasteiger charge is 2.34. The molecule has 2 fully saturated rings. The maximum absolute atomic E-state index is 12.9. The molecule has 0 N–H and O–H groups in total. The number of piperazine rings is 1. The van der Waals surface area contributed by atoms with Crippen LogP contribution in [0.5, 0.6) is 0 Å². The Hall–Kier alpha value is -2.81. The molecule has 170 valence electrons. The molecular weight excluding hydrogens is 402 g/mol. The number of anilines is 1. The van der Waals surface area contributed by atoms with Crippen LogP contribution in [0.2, 0.25) is 0 Å². The van der Waals surface area contributed by atoms with Crippen LogP contribution in [-0.4, -0.2) is 85.5 Å². The molecule has 1 aromatic carbocycles. The van der Waals surface area contributed by atoms with E-state index in [1.807, 2.05) is 27.7 Å². The third-order valence-electron chi connectivity index (χ3n) is 5.09. The number of hydrogen-bond donors (Lipinski definition) is 0. The minimum absolute atomic E-state index is 0.106. The van der Waals surface area contributed by atoms with Gasteiger partial charge in [0.25, 0.3) is 5.91 Å². The molecule has 9 nitrogen and oxygen atoms in total. The molecule has 31 heavy (non-hydrogen) atoms. The Balaban J connectivity index is 1.58. The van der Waals surface area contributed by atoms with Crippen molar-refractivity contribution in [1.82, 2.24) is 9.80 Å². The number of rotatable bonds is 5. The number of carbonyl (C=O) groups is 3. The second kappa shape index (κ2) is 9.55. The zero-order valence-electron chi connectivity index (χ0n) is 18.6. The summed E-state index contributed by atoms with van der Waals surface area (Å²) in [6.45, 7) is 10.4. The molecule has 1 atom stereocenters. The van der Waals surface area contributed by atoms with Crippen molar-refractivity contribution in [1.29, 1.82) is 0 Å². The van der Waals surface area contributed by atoms with Gasteiger partial charge in [0.1, 0.15) is 12.2 Å². The Kier molecular flexibility index (Phi) is 7.04. The van der Waals surface area contributed by atoms with Gasteiger partial charge >= 0.3 is 12.2 Å². The van der Waals surface area contributed by atoms with E-state index in [4.69, 9.17) is 14.2 Å². The van der Waals surface area contributed by atoms with Crippen molar-refractivity contribution in [3.8, 4) is 0 Å². The van der Waals surface area contributed by atoms with Crippen LogP contribution in [0.4, 0.5) is 15.3 Å². The van der Waals surface area contributed by atoms with Crippen LogP contribution in [0, 0.1) is 0 Å². The first-order valence-electron chi connectivity index (χ1n) is 10.6. The lowest BCUT2D eigenvalue weighted by atomic mass is 10.1. The molecule has 0 unspecified atom stereocenters. The summed E-state index contributed by atoms with van der Waals surface area (Å²) >= 11 is 0. The van der Waals surface area contributed by atoms with Crippen molar-refractivity contribution in [2.45, 2.75) is 39.3 Å². The number of hydrogen-bond acceptors (Lipinski definition) is 6. The number of nitrogens with zero attached hydrogens (tertiary/aromatic N) is 3. The van der Waals surface area contributed by atoms with E-state index in [0.717, 1.165) is 0 Å². The quantitative estimate of drug-likeness (QED) is 0.710. The fourth-order valence-corrected chi connectivity index (χ4v) is 3.52. The van der Waals surface area contributed by atoms with Crippen molar-refractivity contribution < 1.29 is 28.6 Å². The van der Waals surface area contributed by atoms with E-state index < -0.39 is 11.7 Å². The summed E-state index contributed by atoms with van der Waals surface area (Å²) < 4.78 is 16.0. The van der Waals surface area contributed by atoms with Crippen molar-refractivity contribution in [3.63, 3.8) is 0 Å². The third kappa shape index (κ3) is 5.66. The molecule has 2 aliphatic rings. The van der Waals surface area contributed by atoms with E-state index in [1.54, 1.807) is 39.0 Å². The number of benzene rings is 1. The lowest BCUT2D eigenvalue weighted by Crippen LogP contribution is -2.51. The monoisotopic (exact) mass is 433 g/mol. The van der Waals surface area contributed by atoms with Gasteiger partial charge in [0, 0.05) is 44.0 Å². The molecule has 3 amide bonds. The Bertz CT molecular complexity index is 796. The van der Waals surface area contributed by atoms with Gasteiger partial charge in [-0.25, -0.2) is 9.59 Å². The Morgan fingerprint density at radius 3 is 2.26 bits per heavy atom. The van der Waals surface area contributed by atoms with Crippen LogP contribution >= 0.6 is 0 Å². The lowest BCUT2D eigenvalue weighted by molar-refractivity contribution is 0.0141. The Labute approximate surface area is 182 Å². The average Bonchev–Trinajstić information content (AvgIpc) is 3.11. The maximum Gasteiger partial charge on any atom is 0.414 e. The van der Waals surface area contributed by atoms with Crippen LogP contribution in [-0.2, 0) is 14.2 Å². The molecule has 3 rings (SSSR count). The first-order chi connectivity index (χ1) is 14.7. The molecule has 0 aliphatic carbocycles. The predicted octanol–water partition coefficient (Wildman–Crippen LogP) is 2.74. The summed E-state index contributed by atoms with van der Waals surface area (Å²) in [7, 11) is 0.